The third-order valence-corrected chi connectivity index (χ3v) is 5.24. The number of aromatic nitrogens is 2. The lowest BCUT2D eigenvalue weighted by molar-refractivity contribution is 0.436. The Kier molecular flexibility index (Phi) is 4.98. The number of anilines is 1. The van der Waals surface area contributed by atoms with Crippen LogP contribution in [0.15, 0.2) is 41.7 Å². The third kappa shape index (κ3) is 4.01. The van der Waals surface area contributed by atoms with E-state index >= 15 is 0 Å². The molecule has 116 valence electrons. The van der Waals surface area contributed by atoms with Gasteiger partial charge in [0.25, 0.3) is 0 Å². The number of hydrogen-bond donors (Lipinski definition) is 0. The van der Waals surface area contributed by atoms with E-state index in [0.29, 0.717) is 0 Å². The van der Waals surface area contributed by atoms with Crippen molar-refractivity contribution in [3.63, 3.8) is 0 Å². The van der Waals surface area contributed by atoms with Crippen molar-refractivity contribution < 1.29 is 0 Å². The smallest absolute Gasteiger partial charge is 0.133 e. The number of piperidine rings is 1. The Morgan fingerprint density at radius 2 is 1.86 bits per heavy atom. The molecule has 0 saturated carbocycles. The monoisotopic (exact) mass is 313 g/mol. The largest absolute Gasteiger partial charge is 0.356 e. The number of aryl methyl sites for hydroxylation is 1. The van der Waals surface area contributed by atoms with Gasteiger partial charge in [0.2, 0.25) is 0 Å². The van der Waals surface area contributed by atoms with Crippen LogP contribution in [-0.4, -0.2) is 23.1 Å². The van der Waals surface area contributed by atoms with Gasteiger partial charge in [-0.25, -0.2) is 9.97 Å². The van der Waals surface area contributed by atoms with Crippen LogP contribution in [0.1, 0.15) is 30.9 Å². The standard InChI is InChI=1S/C18H23N3S/c1-14-3-5-16(6-4-14)12-22-18-11-17(19-13-20-18)21-9-7-15(2)8-10-21/h3-6,11,13,15H,7-10,12H2,1-2H3. The van der Waals surface area contributed by atoms with Gasteiger partial charge in [0.05, 0.1) is 0 Å². The van der Waals surface area contributed by atoms with Crippen molar-refractivity contribution in [1.29, 1.82) is 0 Å². The Hall–Kier alpha value is -1.55. The lowest BCUT2D eigenvalue weighted by Gasteiger charge is -2.31. The molecule has 22 heavy (non-hydrogen) atoms. The first kappa shape index (κ1) is 15.3. The average Bonchev–Trinajstić information content (AvgIpc) is 2.55. The van der Waals surface area contributed by atoms with Gasteiger partial charge >= 0.3 is 0 Å². The highest BCUT2D eigenvalue weighted by atomic mass is 32.2. The van der Waals surface area contributed by atoms with E-state index in [1.165, 1.54) is 24.0 Å². The topological polar surface area (TPSA) is 29.0 Å². The average molecular weight is 313 g/mol. The van der Waals surface area contributed by atoms with E-state index < -0.39 is 0 Å². The van der Waals surface area contributed by atoms with Crippen molar-refractivity contribution in [2.45, 2.75) is 37.5 Å². The Morgan fingerprint density at radius 1 is 1.14 bits per heavy atom. The maximum Gasteiger partial charge on any atom is 0.133 e. The predicted octanol–water partition coefficient (Wildman–Crippen LogP) is 4.31. The molecule has 0 N–H and O–H groups in total. The van der Waals surface area contributed by atoms with Gasteiger partial charge in [-0.2, -0.15) is 0 Å². The molecular formula is C18H23N3S. The molecule has 3 nitrogen and oxygen atoms in total. The fourth-order valence-electron chi connectivity index (χ4n) is 2.66. The SMILES string of the molecule is Cc1ccc(CSc2cc(N3CCC(C)CC3)ncn2)cc1. The highest BCUT2D eigenvalue weighted by molar-refractivity contribution is 7.98. The third-order valence-electron chi connectivity index (χ3n) is 4.24. The highest BCUT2D eigenvalue weighted by Crippen LogP contribution is 2.26. The molecule has 1 aliphatic rings. The molecule has 2 heterocycles. The second-order valence-corrected chi connectivity index (χ2v) is 7.15. The van der Waals surface area contributed by atoms with Crippen LogP contribution in [0.5, 0.6) is 0 Å². The molecule has 0 bridgehead atoms. The minimum atomic E-state index is 0.841. The van der Waals surface area contributed by atoms with Gasteiger partial charge in [0, 0.05) is 24.9 Å². The summed E-state index contributed by atoms with van der Waals surface area (Å²) < 4.78 is 0. The quantitative estimate of drug-likeness (QED) is 0.621. The van der Waals surface area contributed by atoms with Crippen LogP contribution in [0.4, 0.5) is 5.82 Å². The van der Waals surface area contributed by atoms with Crippen LogP contribution in [0.3, 0.4) is 0 Å². The molecule has 1 aliphatic heterocycles. The van der Waals surface area contributed by atoms with E-state index in [1.54, 1.807) is 18.1 Å². The van der Waals surface area contributed by atoms with Gasteiger partial charge in [0.15, 0.2) is 0 Å². The number of thioether (sulfide) groups is 1. The van der Waals surface area contributed by atoms with Crippen molar-refractivity contribution >= 4 is 17.6 Å². The zero-order valence-electron chi connectivity index (χ0n) is 13.3. The van der Waals surface area contributed by atoms with Crippen LogP contribution >= 0.6 is 11.8 Å². The molecule has 0 aliphatic carbocycles. The van der Waals surface area contributed by atoms with E-state index in [1.807, 2.05) is 0 Å². The Balaban J connectivity index is 1.62. The maximum atomic E-state index is 4.46. The van der Waals surface area contributed by atoms with Crippen molar-refractivity contribution in [1.82, 2.24) is 9.97 Å². The molecule has 0 spiro atoms. The molecule has 1 aromatic heterocycles. The number of benzene rings is 1. The summed E-state index contributed by atoms with van der Waals surface area (Å²) in [5.41, 5.74) is 2.64. The van der Waals surface area contributed by atoms with Crippen molar-refractivity contribution in [2.75, 3.05) is 18.0 Å². The second-order valence-electron chi connectivity index (χ2n) is 6.16. The molecule has 4 heteroatoms. The van der Waals surface area contributed by atoms with Crippen LogP contribution in [-0.2, 0) is 5.75 Å². The van der Waals surface area contributed by atoms with Crippen LogP contribution in [0, 0.1) is 12.8 Å². The van der Waals surface area contributed by atoms with E-state index in [2.05, 4.69) is 59.0 Å². The van der Waals surface area contributed by atoms with E-state index in [9.17, 15) is 0 Å². The summed E-state index contributed by atoms with van der Waals surface area (Å²) in [6, 6.07) is 10.8. The van der Waals surface area contributed by atoms with E-state index in [4.69, 9.17) is 0 Å². The first-order valence-corrected chi connectivity index (χ1v) is 8.94. The van der Waals surface area contributed by atoms with Gasteiger partial charge in [-0.05, 0) is 31.2 Å². The maximum absolute atomic E-state index is 4.46. The molecule has 1 fully saturated rings. The molecule has 0 unspecified atom stereocenters. The van der Waals surface area contributed by atoms with Crippen molar-refractivity contribution in [3.8, 4) is 0 Å². The van der Waals surface area contributed by atoms with Gasteiger partial charge in [-0.1, -0.05) is 36.8 Å². The molecule has 1 saturated heterocycles. The molecule has 0 amide bonds. The molecular weight excluding hydrogens is 290 g/mol. The summed E-state index contributed by atoms with van der Waals surface area (Å²) >= 11 is 1.78. The van der Waals surface area contributed by atoms with Gasteiger partial charge in [0.1, 0.15) is 17.2 Å². The Morgan fingerprint density at radius 3 is 2.59 bits per heavy atom. The summed E-state index contributed by atoms with van der Waals surface area (Å²) in [4.78, 5) is 11.2. The summed E-state index contributed by atoms with van der Waals surface area (Å²) in [6.45, 7) is 6.67. The molecule has 0 atom stereocenters. The zero-order valence-corrected chi connectivity index (χ0v) is 14.1. The molecule has 1 aromatic carbocycles. The Labute approximate surface area is 137 Å². The number of hydrogen-bond acceptors (Lipinski definition) is 4. The van der Waals surface area contributed by atoms with E-state index in [0.717, 1.165) is 35.6 Å². The zero-order chi connectivity index (χ0) is 15.4. The highest BCUT2D eigenvalue weighted by Gasteiger charge is 2.17. The fraction of sp³-hybridized carbons (Fsp3) is 0.444. The summed E-state index contributed by atoms with van der Waals surface area (Å²) in [5, 5.41) is 1.06. The minimum Gasteiger partial charge on any atom is -0.356 e. The lowest BCUT2D eigenvalue weighted by Crippen LogP contribution is -2.33. The van der Waals surface area contributed by atoms with E-state index in [-0.39, 0.29) is 0 Å². The Bertz CT molecular complexity index is 604. The lowest BCUT2D eigenvalue weighted by atomic mass is 9.99. The summed E-state index contributed by atoms with van der Waals surface area (Å²) in [5.74, 6) is 2.87. The van der Waals surface area contributed by atoms with Crippen molar-refractivity contribution in [3.05, 3.63) is 47.8 Å². The van der Waals surface area contributed by atoms with Gasteiger partial charge in [-0.3, -0.25) is 0 Å². The normalized spacial score (nSPS) is 16.0. The number of nitrogens with zero attached hydrogens (tertiary/aromatic N) is 3. The number of rotatable bonds is 4. The van der Waals surface area contributed by atoms with Crippen LogP contribution in [0.25, 0.3) is 0 Å². The minimum absolute atomic E-state index is 0.841. The summed E-state index contributed by atoms with van der Waals surface area (Å²) in [6.07, 6.45) is 4.22. The fourth-order valence-corrected chi connectivity index (χ4v) is 3.48. The second kappa shape index (κ2) is 7.14. The van der Waals surface area contributed by atoms with Crippen LogP contribution in [0.2, 0.25) is 0 Å². The van der Waals surface area contributed by atoms with Crippen LogP contribution < -0.4 is 4.90 Å². The summed E-state index contributed by atoms with van der Waals surface area (Å²) in [7, 11) is 0. The van der Waals surface area contributed by atoms with Crippen molar-refractivity contribution in [2.24, 2.45) is 5.92 Å². The molecule has 2 aromatic rings. The molecule has 3 rings (SSSR count). The predicted molar refractivity (Wildman–Crippen MR) is 93.4 cm³/mol. The van der Waals surface area contributed by atoms with Gasteiger partial charge in [-0.15, -0.1) is 11.8 Å². The van der Waals surface area contributed by atoms with Gasteiger partial charge < -0.3 is 4.90 Å². The first-order chi connectivity index (χ1) is 10.7. The first-order valence-electron chi connectivity index (χ1n) is 7.96. The molecule has 0 radical (unpaired) electrons.